The van der Waals surface area contributed by atoms with Gasteiger partial charge in [-0.15, -0.1) is 0 Å². The minimum absolute atomic E-state index is 0.271. The summed E-state index contributed by atoms with van der Waals surface area (Å²) >= 11 is 0. The van der Waals surface area contributed by atoms with Crippen molar-refractivity contribution in [1.82, 2.24) is 0 Å². The highest BCUT2D eigenvalue weighted by molar-refractivity contribution is 5.92. The molecule has 5 rings (SSSR count). The molecule has 0 amide bonds. The number of fused-ring (bicyclic) bond motifs is 1. The van der Waals surface area contributed by atoms with Gasteiger partial charge in [0.1, 0.15) is 0 Å². The van der Waals surface area contributed by atoms with Crippen molar-refractivity contribution in [2.45, 2.75) is 12.5 Å². The van der Waals surface area contributed by atoms with Crippen LogP contribution < -0.4 is 9.47 Å². The van der Waals surface area contributed by atoms with Crippen molar-refractivity contribution in [3.8, 4) is 33.8 Å². The molecule has 2 aliphatic rings. The van der Waals surface area contributed by atoms with Crippen LogP contribution in [0, 0.1) is 0 Å². The molecule has 1 saturated heterocycles. The number of hydrogen-bond donors (Lipinski definition) is 0. The van der Waals surface area contributed by atoms with E-state index in [1.807, 2.05) is 12.1 Å². The molecule has 0 aliphatic carbocycles. The Morgan fingerprint density at radius 3 is 2.08 bits per heavy atom. The Kier molecular flexibility index (Phi) is 3.46. The summed E-state index contributed by atoms with van der Waals surface area (Å²) in [4.78, 5) is 0. The Hall–Kier alpha value is -2.78. The van der Waals surface area contributed by atoms with Crippen molar-refractivity contribution in [1.29, 1.82) is 0 Å². The van der Waals surface area contributed by atoms with Crippen LogP contribution in [0.2, 0.25) is 0 Å². The summed E-state index contributed by atoms with van der Waals surface area (Å²) in [6, 6.07) is 23.0. The Labute approximate surface area is 146 Å². The van der Waals surface area contributed by atoms with E-state index in [0.29, 0.717) is 6.10 Å². The predicted octanol–water partition coefficient (Wildman–Crippen LogP) is 4.69. The third-order valence-corrected chi connectivity index (χ3v) is 4.72. The molecule has 3 aromatic rings. The average molecular weight is 330 g/mol. The largest absolute Gasteiger partial charge is 0.454 e. The first-order valence-corrected chi connectivity index (χ1v) is 8.58. The molecule has 0 aromatic heterocycles. The van der Waals surface area contributed by atoms with Crippen LogP contribution >= 0.6 is 0 Å². The SMILES string of the molecule is c1ccc(-c2c(C[C@H]3CO3)cc3c(c2-c2ccccc2)OCO3)cc1. The lowest BCUT2D eigenvalue weighted by molar-refractivity contribution is 0.174. The van der Waals surface area contributed by atoms with Crippen molar-refractivity contribution < 1.29 is 14.2 Å². The lowest BCUT2D eigenvalue weighted by Gasteiger charge is -2.18. The maximum absolute atomic E-state index is 5.87. The van der Waals surface area contributed by atoms with Crippen LogP contribution in [0.25, 0.3) is 22.3 Å². The maximum Gasteiger partial charge on any atom is 0.231 e. The summed E-state index contributed by atoms with van der Waals surface area (Å²) in [5.41, 5.74) is 5.90. The summed E-state index contributed by atoms with van der Waals surface area (Å²) in [5.74, 6) is 1.67. The van der Waals surface area contributed by atoms with E-state index in [2.05, 4.69) is 54.6 Å². The second kappa shape index (κ2) is 5.94. The molecule has 3 nitrogen and oxygen atoms in total. The zero-order valence-electron chi connectivity index (χ0n) is 13.8. The fourth-order valence-electron chi connectivity index (χ4n) is 3.50. The standard InChI is InChI=1S/C22H18O3/c1-3-7-15(8-4-1)20-17(11-18-13-23-18)12-19-22(25-14-24-19)21(20)16-9-5-2-6-10-16/h1-10,12,18H,11,13-14H2/t18-/m0/s1. The van der Waals surface area contributed by atoms with Crippen LogP contribution in [0.15, 0.2) is 66.7 Å². The fourth-order valence-corrected chi connectivity index (χ4v) is 3.50. The van der Waals surface area contributed by atoms with E-state index in [-0.39, 0.29) is 6.79 Å². The predicted molar refractivity (Wildman–Crippen MR) is 96.9 cm³/mol. The van der Waals surface area contributed by atoms with E-state index in [0.717, 1.165) is 35.7 Å². The fraction of sp³-hybridized carbons (Fsp3) is 0.182. The Morgan fingerprint density at radius 1 is 0.800 bits per heavy atom. The van der Waals surface area contributed by atoms with E-state index in [4.69, 9.17) is 14.2 Å². The van der Waals surface area contributed by atoms with Gasteiger partial charge in [-0.05, 0) is 28.3 Å². The minimum atomic E-state index is 0.271. The molecule has 124 valence electrons. The molecule has 1 fully saturated rings. The highest BCUT2D eigenvalue weighted by atomic mass is 16.7. The van der Waals surface area contributed by atoms with Crippen molar-refractivity contribution in [3.63, 3.8) is 0 Å². The zero-order valence-corrected chi connectivity index (χ0v) is 13.8. The van der Waals surface area contributed by atoms with E-state index in [9.17, 15) is 0 Å². The highest BCUT2D eigenvalue weighted by Crippen LogP contribution is 2.49. The van der Waals surface area contributed by atoms with Gasteiger partial charge in [-0.2, -0.15) is 0 Å². The van der Waals surface area contributed by atoms with Gasteiger partial charge in [-0.3, -0.25) is 0 Å². The Bertz CT molecular complexity index is 900. The Balaban J connectivity index is 1.81. The Morgan fingerprint density at radius 2 is 1.44 bits per heavy atom. The first-order valence-electron chi connectivity index (χ1n) is 8.58. The molecule has 0 spiro atoms. The second-order valence-corrected chi connectivity index (χ2v) is 6.41. The molecule has 0 unspecified atom stereocenters. The van der Waals surface area contributed by atoms with Gasteiger partial charge in [0.05, 0.1) is 12.7 Å². The average Bonchev–Trinajstić information content (AvgIpc) is 3.36. The monoisotopic (exact) mass is 330 g/mol. The van der Waals surface area contributed by atoms with Crippen LogP contribution in [0.1, 0.15) is 5.56 Å². The molecule has 1 atom stereocenters. The molecule has 2 aliphatic heterocycles. The van der Waals surface area contributed by atoms with Crippen LogP contribution in [-0.2, 0) is 11.2 Å². The third-order valence-electron chi connectivity index (χ3n) is 4.72. The molecule has 25 heavy (non-hydrogen) atoms. The molecule has 3 aromatic carbocycles. The zero-order chi connectivity index (χ0) is 16.6. The van der Waals surface area contributed by atoms with Gasteiger partial charge in [0, 0.05) is 12.0 Å². The van der Waals surface area contributed by atoms with Crippen molar-refractivity contribution in [2.75, 3.05) is 13.4 Å². The minimum Gasteiger partial charge on any atom is -0.454 e. The van der Waals surface area contributed by atoms with Crippen molar-refractivity contribution >= 4 is 0 Å². The summed E-state index contributed by atoms with van der Waals surface area (Å²) in [6.45, 7) is 1.11. The molecule has 0 bridgehead atoms. The molecule has 3 heteroatoms. The van der Waals surface area contributed by atoms with E-state index < -0.39 is 0 Å². The lowest BCUT2D eigenvalue weighted by Crippen LogP contribution is -1.99. The quantitative estimate of drug-likeness (QED) is 0.650. The summed E-state index contributed by atoms with van der Waals surface area (Å²) in [5, 5.41) is 0. The highest BCUT2D eigenvalue weighted by Gasteiger charge is 2.30. The van der Waals surface area contributed by atoms with E-state index >= 15 is 0 Å². The topological polar surface area (TPSA) is 31.0 Å². The van der Waals surface area contributed by atoms with E-state index in [1.165, 1.54) is 16.7 Å². The van der Waals surface area contributed by atoms with Gasteiger partial charge in [-0.1, -0.05) is 60.7 Å². The van der Waals surface area contributed by atoms with Crippen LogP contribution in [0.4, 0.5) is 0 Å². The molecule has 2 heterocycles. The van der Waals surface area contributed by atoms with Gasteiger partial charge in [0.25, 0.3) is 0 Å². The number of rotatable bonds is 4. The van der Waals surface area contributed by atoms with Crippen molar-refractivity contribution in [2.24, 2.45) is 0 Å². The first-order chi connectivity index (χ1) is 12.4. The molecular formula is C22H18O3. The normalized spacial score (nSPS) is 17.5. The van der Waals surface area contributed by atoms with Crippen LogP contribution in [-0.4, -0.2) is 19.5 Å². The molecule has 0 saturated carbocycles. The van der Waals surface area contributed by atoms with Gasteiger partial charge >= 0.3 is 0 Å². The number of epoxide rings is 1. The number of hydrogen-bond acceptors (Lipinski definition) is 3. The van der Waals surface area contributed by atoms with Crippen LogP contribution in [0.5, 0.6) is 11.5 Å². The summed E-state index contributed by atoms with van der Waals surface area (Å²) in [7, 11) is 0. The summed E-state index contributed by atoms with van der Waals surface area (Å²) < 4.78 is 17.1. The number of benzene rings is 3. The molecule has 0 radical (unpaired) electrons. The van der Waals surface area contributed by atoms with Gasteiger partial charge < -0.3 is 14.2 Å². The van der Waals surface area contributed by atoms with E-state index in [1.54, 1.807) is 0 Å². The maximum atomic E-state index is 5.87. The van der Waals surface area contributed by atoms with Gasteiger partial charge in [-0.25, -0.2) is 0 Å². The van der Waals surface area contributed by atoms with Gasteiger partial charge in [0.15, 0.2) is 11.5 Å². The molecular weight excluding hydrogens is 312 g/mol. The second-order valence-electron chi connectivity index (χ2n) is 6.41. The van der Waals surface area contributed by atoms with Gasteiger partial charge in [0.2, 0.25) is 6.79 Å². The smallest absolute Gasteiger partial charge is 0.231 e. The lowest BCUT2D eigenvalue weighted by atomic mass is 9.87. The molecule has 0 N–H and O–H groups in total. The van der Waals surface area contributed by atoms with Crippen LogP contribution in [0.3, 0.4) is 0 Å². The third kappa shape index (κ3) is 2.67. The number of ether oxygens (including phenoxy) is 3. The summed E-state index contributed by atoms with van der Waals surface area (Å²) in [6.07, 6.45) is 1.20. The van der Waals surface area contributed by atoms with Crippen molar-refractivity contribution in [3.05, 3.63) is 72.3 Å². The first kappa shape index (κ1) is 14.6.